The molecule has 0 amide bonds. The zero-order valence-corrected chi connectivity index (χ0v) is 34.7. The van der Waals surface area contributed by atoms with Gasteiger partial charge in [0.1, 0.15) is 13.2 Å². The molecule has 0 saturated heterocycles. The van der Waals surface area contributed by atoms with E-state index in [1.54, 1.807) is 0 Å². The van der Waals surface area contributed by atoms with Gasteiger partial charge in [-0.05, 0) is 12.8 Å². The fourth-order valence-corrected chi connectivity index (χ4v) is 5.74. The quantitative estimate of drug-likeness (QED) is 0.0393. The van der Waals surface area contributed by atoms with E-state index in [1.807, 2.05) is 0 Å². The molecule has 0 aliphatic carbocycles. The van der Waals surface area contributed by atoms with Gasteiger partial charge in [0.2, 0.25) is 0 Å². The topological polar surface area (TPSA) is 52.6 Å². The van der Waals surface area contributed by atoms with E-state index in [9.17, 15) is 9.59 Å². The van der Waals surface area contributed by atoms with Crippen molar-refractivity contribution in [3.63, 3.8) is 0 Å². The van der Waals surface area contributed by atoms with Crippen LogP contribution in [0, 0.1) is 0 Å². The van der Waals surface area contributed by atoms with Crippen LogP contribution in [0.2, 0.25) is 0 Å². The second kappa shape index (κ2) is 43.9. The monoisotopic (exact) mass is 641 g/mol. The van der Waals surface area contributed by atoms with E-state index < -0.39 is 0 Å². The van der Waals surface area contributed by atoms with Gasteiger partial charge >= 0.3 is 11.9 Å². The van der Waals surface area contributed by atoms with Crippen LogP contribution in [0.3, 0.4) is 0 Å². The molecule has 252 valence electrons. The van der Waals surface area contributed by atoms with Gasteiger partial charge in [-0.1, -0.05) is 194 Å². The molecule has 6 heteroatoms. The van der Waals surface area contributed by atoms with Crippen LogP contribution >= 0.6 is 0 Å². The molecule has 44 heavy (non-hydrogen) atoms. The minimum Gasteiger partial charge on any atom is -0.462 e. The number of rotatable bonds is 35. The second-order valence-electron chi connectivity index (χ2n) is 12.8. The maximum atomic E-state index is 11.9. The maximum Gasteiger partial charge on any atom is 0.305 e. The van der Waals surface area contributed by atoms with Crippen molar-refractivity contribution < 1.29 is 19.1 Å². The van der Waals surface area contributed by atoms with Crippen molar-refractivity contribution in [2.24, 2.45) is 0 Å². The number of carbonyl (C=O) groups excluding carboxylic acids is 2. The molecule has 0 bridgehead atoms. The summed E-state index contributed by atoms with van der Waals surface area (Å²) in [5, 5.41) is 0. The number of hydrogen-bond acceptors (Lipinski definition) is 4. The molecule has 0 unspecified atom stereocenters. The Morgan fingerprint density at radius 3 is 0.705 bits per heavy atom. The van der Waals surface area contributed by atoms with Crippen LogP contribution in [0.5, 0.6) is 0 Å². The predicted octanol–water partition coefficient (Wildman–Crippen LogP) is 11.8. The Balaban J connectivity index is -0.00000840. The van der Waals surface area contributed by atoms with E-state index in [4.69, 9.17) is 9.47 Å². The van der Waals surface area contributed by atoms with Crippen LogP contribution in [0.1, 0.15) is 219 Å². The Labute approximate surface area is 320 Å². The molecule has 0 aromatic carbocycles. The number of carbonyl (C=O) groups is 2. The molecule has 4 nitrogen and oxygen atoms in total. The molecule has 0 aromatic rings. The van der Waals surface area contributed by atoms with Crippen LogP contribution in [0.4, 0.5) is 0 Å². The molecule has 0 N–H and O–H groups in total. The SMILES string of the molecule is CCCCCCCCCCCCCCCCCC(=O)OCCOC(=O)CCCCCCCCCCCCCCCCC.[Na].[Na]. The zero-order chi connectivity index (χ0) is 30.6. The van der Waals surface area contributed by atoms with Crippen molar-refractivity contribution in [1.29, 1.82) is 0 Å². The van der Waals surface area contributed by atoms with E-state index in [2.05, 4.69) is 13.8 Å². The molecule has 2 radical (unpaired) electrons. The van der Waals surface area contributed by atoms with Gasteiger partial charge in [-0.3, -0.25) is 9.59 Å². The first-order chi connectivity index (χ1) is 20.7. The van der Waals surface area contributed by atoms with Gasteiger partial charge in [-0.2, -0.15) is 0 Å². The van der Waals surface area contributed by atoms with Crippen molar-refractivity contribution in [3.05, 3.63) is 0 Å². The van der Waals surface area contributed by atoms with Crippen LogP contribution < -0.4 is 0 Å². The predicted molar refractivity (Wildman–Crippen MR) is 193 cm³/mol. The molecule has 0 rings (SSSR count). The molecular weight excluding hydrogens is 566 g/mol. The first-order valence-corrected chi connectivity index (χ1v) is 19.0. The van der Waals surface area contributed by atoms with Crippen LogP contribution in [-0.4, -0.2) is 84.3 Å². The van der Waals surface area contributed by atoms with Crippen molar-refractivity contribution >= 4 is 71.1 Å². The molecule has 0 aliphatic heterocycles. The van der Waals surface area contributed by atoms with Gasteiger partial charge in [-0.15, -0.1) is 0 Å². The normalized spacial score (nSPS) is 10.7. The van der Waals surface area contributed by atoms with Crippen LogP contribution in [0.25, 0.3) is 0 Å². The van der Waals surface area contributed by atoms with Gasteiger partial charge in [0, 0.05) is 72.0 Å². The van der Waals surface area contributed by atoms with Crippen molar-refractivity contribution in [2.75, 3.05) is 13.2 Å². The summed E-state index contributed by atoms with van der Waals surface area (Å²) in [6.07, 6.45) is 40.5. The Morgan fingerprint density at radius 2 is 0.500 bits per heavy atom. The summed E-state index contributed by atoms with van der Waals surface area (Å²) in [5.41, 5.74) is 0. The van der Waals surface area contributed by atoms with Gasteiger partial charge in [0.25, 0.3) is 0 Å². The Hall–Kier alpha value is 0.940. The molecular formula is C38H74Na2O4. The molecule has 0 aromatic heterocycles. The average Bonchev–Trinajstić information content (AvgIpc) is 2.99. The van der Waals surface area contributed by atoms with E-state index in [-0.39, 0.29) is 84.3 Å². The Morgan fingerprint density at radius 1 is 0.318 bits per heavy atom. The molecule has 0 aliphatic rings. The molecule has 0 saturated carbocycles. The van der Waals surface area contributed by atoms with E-state index in [1.165, 1.54) is 167 Å². The number of esters is 2. The largest absolute Gasteiger partial charge is 0.462 e. The average molecular weight is 641 g/mol. The van der Waals surface area contributed by atoms with E-state index in [0.29, 0.717) is 12.8 Å². The zero-order valence-electron chi connectivity index (χ0n) is 30.7. The smallest absolute Gasteiger partial charge is 0.305 e. The third-order valence-corrected chi connectivity index (χ3v) is 8.58. The van der Waals surface area contributed by atoms with Gasteiger partial charge in [0.15, 0.2) is 0 Å². The maximum absolute atomic E-state index is 11.9. The summed E-state index contributed by atoms with van der Waals surface area (Å²) in [5.74, 6) is -0.327. The molecule has 0 fully saturated rings. The van der Waals surface area contributed by atoms with Gasteiger partial charge in [-0.25, -0.2) is 0 Å². The minimum absolute atomic E-state index is 0. The van der Waals surface area contributed by atoms with Crippen LogP contribution in [0.15, 0.2) is 0 Å². The fraction of sp³-hybridized carbons (Fsp3) is 0.947. The standard InChI is InChI=1S/C38H74O4.2Na/c1-3-5-7-9-11-13-15-17-19-21-23-25-27-29-31-33-37(39)41-35-36-42-38(40)34-32-30-28-26-24-22-20-18-16-14-12-10-8-6-4-2;;/h3-36H2,1-2H3;;. The van der Waals surface area contributed by atoms with Gasteiger partial charge in [0.05, 0.1) is 0 Å². The number of unbranched alkanes of at least 4 members (excludes halogenated alkanes) is 28. The van der Waals surface area contributed by atoms with Crippen LogP contribution in [-0.2, 0) is 19.1 Å². The van der Waals surface area contributed by atoms with Gasteiger partial charge < -0.3 is 9.47 Å². The third kappa shape index (κ3) is 42.9. The van der Waals surface area contributed by atoms with Crippen molar-refractivity contribution in [1.82, 2.24) is 0 Å². The summed E-state index contributed by atoms with van der Waals surface area (Å²) in [7, 11) is 0. The number of hydrogen-bond donors (Lipinski definition) is 0. The molecule has 0 heterocycles. The summed E-state index contributed by atoms with van der Waals surface area (Å²) in [6, 6.07) is 0. The Bertz CT molecular complexity index is 511. The summed E-state index contributed by atoms with van der Waals surface area (Å²) >= 11 is 0. The summed E-state index contributed by atoms with van der Waals surface area (Å²) in [4.78, 5) is 23.8. The first kappa shape index (κ1) is 49.3. The molecule has 0 spiro atoms. The van der Waals surface area contributed by atoms with E-state index in [0.717, 1.165) is 25.7 Å². The number of ether oxygens (including phenoxy) is 2. The first-order valence-electron chi connectivity index (χ1n) is 19.0. The summed E-state index contributed by atoms with van der Waals surface area (Å²) < 4.78 is 10.5. The fourth-order valence-electron chi connectivity index (χ4n) is 5.74. The van der Waals surface area contributed by atoms with Crippen molar-refractivity contribution in [3.8, 4) is 0 Å². The second-order valence-corrected chi connectivity index (χ2v) is 12.8. The Kier molecular flexibility index (Phi) is 49.3. The third-order valence-electron chi connectivity index (χ3n) is 8.58. The minimum atomic E-state index is -0.164. The van der Waals surface area contributed by atoms with E-state index >= 15 is 0 Å². The summed E-state index contributed by atoms with van der Waals surface area (Å²) in [6.45, 7) is 4.92. The molecule has 0 atom stereocenters. The van der Waals surface area contributed by atoms with Crippen molar-refractivity contribution in [2.45, 2.75) is 219 Å².